The largest absolute Gasteiger partial charge is 0.493 e. The van der Waals surface area contributed by atoms with Gasteiger partial charge in [0.25, 0.3) is 0 Å². The second-order valence-electron chi connectivity index (χ2n) is 5.92. The zero-order chi connectivity index (χ0) is 17.5. The van der Waals surface area contributed by atoms with Crippen molar-refractivity contribution < 1.29 is 14.3 Å². The molecule has 0 saturated heterocycles. The number of hydrogen-bond acceptors (Lipinski definition) is 3. The molecule has 0 aliphatic heterocycles. The van der Waals surface area contributed by atoms with Gasteiger partial charge in [0.2, 0.25) is 5.91 Å². The molecule has 0 fully saturated rings. The number of amides is 1. The van der Waals surface area contributed by atoms with Gasteiger partial charge in [-0.2, -0.15) is 0 Å². The van der Waals surface area contributed by atoms with Gasteiger partial charge in [-0.1, -0.05) is 35.9 Å². The number of benzene rings is 2. The Kier molecular flexibility index (Phi) is 6.24. The second kappa shape index (κ2) is 8.39. The molecule has 4 nitrogen and oxygen atoms in total. The summed E-state index contributed by atoms with van der Waals surface area (Å²) >= 11 is 0. The summed E-state index contributed by atoms with van der Waals surface area (Å²) in [5, 5.41) is 0. The molecule has 2 rings (SSSR count). The zero-order valence-electron chi connectivity index (χ0n) is 14.8. The van der Waals surface area contributed by atoms with E-state index in [0.29, 0.717) is 30.9 Å². The van der Waals surface area contributed by atoms with Crippen molar-refractivity contribution in [1.29, 1.82) is 0 Å². The van der Waals surface area contributed by atoms with Gasteiger partial charge in [0.05, 0.1) is 14.2 Å². The maximum Gasteiger partial charge on any atom is 0.222 e. The first-order valence-electron chi connectivity index (χ1n) is 8.04. The van der Waals surface area contributed by atoms with Crippen LogP contribution in [0.2, 0.25) is 0 Å². The summed E-state index contributed by atoms with van der Waals surface area (Å²) in [4.78, 5) is 14.1. The van der Waals surface area contributed by atoms with Gasteiger partial charge in [0.1, 0.15) is 0 Å². The molecule has 0 bridgehead atoms. The summed E-state index contributed by atoms with van der Waals surface area (Å²) in [5.41, 5.74) is 3.42. The standard InChI is InChI=1S/C20H25NO3/c1-15-5-7-17(8-6-15)14-21(2)20(22)12-10-16-9-11-18(23-3)19(13-16)24-4/h5-9,11,13H,10,12,14H2,1-4H3. The third-order valence-corrected chi connectivity index (χ3v) is 4.04. The molecule has 24 heavy (non-hydrogen) atoms. The lowest BCUT2D eigenvalue weighted by Crippen LogP contribution is -2.26. The molecule has 1 amide bonds. The van der Waals surface area contributed by atoms with Crippen LogP contribution in [0.15, 0.2) is 42.5 Å². The van der Waals surface area contributed by atoms with Gasteiger partial charge in [-0.25, -0.2) is 0 Å². The summed E-state index contributed by atoms with van der Waals surface area (Å²) in [5.74, 6) is 1.52. The molecule has 2 aromatic carbocycles. The molecule has 0 radical (unpaired) electrons. The molecule has 2 aromatic rings. The third kappa shape index (κ3) is 4.75. The Labute approximate surface area is 144 Å². The van der Waals surface area contributed by atoms with Gasteiger partial charge in [0.15, 0.2) is 11.5 Å². The van der Waals surface area contributed by atoms with Crippen LogP contribution in [0.1, 0.15) is 23.1 Å². The minimum Gasteiger partial charge on any atom is -0.493 e. The van der Waals surface area contributed by atoms with Crippen molar-refractivity contribution in [3.63, 3.8) is 0 Å². The van der Waals surface area contributed by atoms with Gasteiger partial charge in [0, 0.05) is 20.0 Å². The highest BCUT2D eigenvalue weighted by Gasteiger charge is 2.11. The number of carbonyl (C=O) groups is 1. The SMILES string of the molecule is COc1ccc(CCC(=O)N(C)Cc2ccc(C)cc2)cc1OC. The summed E-state index contributed by atoms with van der Waals surface area (Å²) < 4.78 is 10.5. The Hall–Kier alpha value is -2.49. The fraction of sp³-hybridized carbons (Fsp3) is 0.350. The molecule has 0 heterocycles. The molecule has 0 aromatic heterocycles. The zero-order valence-corrected chi connectivity index (χ0v) is 14.8. The number of nitrogens with zero attached hydrogens (tertiary/aromatic N) is 1. The normalized spacial score (nSPS) is 10.3. The van der Waals surface area contributed by atoms with Crippen LogP contribution in [-0.2, 0) is 17.8 Å². The van der Waals surface area contributed by atoms with E-state index in [2.05, 4.69) is 31.2 Å². The van der Waals surface area contributed by atoms with Crippen LogP contribution in [-0.4, -0.2) is 32.1 Å². The molecule has 4 heteroatoms. The molecule has 128 valence electrons. The third-order valence-electron chi connectivity index (χ3n) is 4.04. The van der Waals surface area contributed by atoms with E-state index in [0.717, 1.165) is 11.1 Å². The van der Waals surface area contributed by atoms with Crippen LogP contribution in [0, 0.1) is 6.92 Å². The smallest absolute Gasteiger partial charge is 0.222 e. The Balaban J connectivity index is 1.91. The van der Waals surface area contributed by atoms with E-state index >= 15 is 0 Å². The Morgan fingerprint density at radius 2 is 1.58 bits per heavy atom. The van der Waals surface area contributed by atoms with Crippen molar-refractivity contribution in [2.75, 3.05) is 21.3 Å². The highest BCUT2D eigenvalue weighted by atomic mass is 16.5. The first-order chi connectivity index (χ1) is 11.5. The Morgan fingerprint density at radius 3 is 2.21 bits per heavy atom. The Bertz CT molecular complexity index is 680. The van der Waals surface area contributed by atoms with Crippen LogP contribution < -0.4 is 9.47 Å². The number of ether oxygens (including phenoxy) is 2. The van der Waals surface area contributed by atoms with Crippen LogP contribution in [0.3, 0.4) is 0 Å². The molecule has 0 N–H and O–H groups in total. The first kappa shape index (κ1) is 17.9. The minimum absolute atomic E-state index is 0.130. The van der Waals surface area contributed by atoms with Crippen LogP contribution in [0.4, 0.5) is 0 Å². The second-order valence-corrected chi connectivity index (χ2v) is 5.92. The summed E-state index contributed by atoms with van der Waals surface area (Å²) in [6.45, 7) is 2.69. The van der Waals surface area contributed by atoms with Crippen LogP contribution >= 0.6 is 0 Å². The highest BCUT2D eigenvalue weighted by Crippen LogP contribution is 2.28. The van der Waals surface area contributed by atoms with Crippen molar-refractivity contribution in [3.8, 4) is 11.5 Å². The van der Waals surface area contributed by atoms with Gasteiger partial charge in [-0.15, -0.1) is 0 Å². The van der Waals surface area contributed by atoms with Gasteiger partial charge in [-0.3, -0.25) is 4.79 Å². The van der Waals surface area contributed by atoms with E-state index in [-0.39, 0.29) is 5.91 Å². The van der Waals surface area contributed by atoms with Gasteiger partial charge >= 0.3 is 0 Å². The van der Waals surface area contributed by atoms with E-state index < -0.39 is 0 Å². The van der Waals surface area contributed by atoms with Crippen molar-refractivity contribution in [2.45, 2.75) is 26.3 Å². The van der Waals surface area contributed by atoms with E-state index in [4.69, 9.17) is 9.47 Å². The molecule has 0 saturated carbocycles. The number of rotatable bonds is 7. The highest BCUT2D eigenvalue weighted by molar-refractivity contribution is 5.76. The number of aryl methyl sites for hydroxylation is 2. The Morgan fingerprint density at radius 1 is 0.958 bits per heavy atom. The summed E-state index contributed by atoms with van der Waals surface area (Å²) in [6, 6.07) is 14.0. The molecule has 0 aliphatic rings. The first-order valence-corrected chi connectivity index (χ1v) is 8.04. The van der Waals surface area contributed by atoms with Crippen molar-refractivity contribution >= 4 is 5.91 Å². The van der Waals surface area contributed by atoms with Gasteiger partial charge < -0.3 is 14.4 Å². The summed E-state index contributed by atoms with van der Waals surface area (Å²) in [7, 11) is 5.07. The minimum atomic E-state index is 0.130. The molecule has 0 spiro atoms. The lowest BCUT2D eigenvalue weighted by molar-refractivity contribution is -0.130. The predicted octanol–water partition coefficient (Wildman–Crippen LogP) is 3.60. The molecular weight excluding hydrogens is 302 g/mol. The fourth-order valence-corrected chi connectivity index (χ4v) is 2.53. The average Bonchev–Trinajstić information content (AvgIpc) is 2.61. The number of methoxy groups -OCH3 is 2. The molecule has 0 atom stereocenters. The average molecular weight is 327 g/mol. The van der Waals surface area contributed by atoms with E-state index in [1.165, 1.54) is 5.56 Å². The van der Waals surface area contributed by atoms with E-state index in [9.17, 15) is 4.79 Å². The van der Waals surface area contributed by atoms with Crippen molar-refractivity contribution in [2.24, 2.45) is 0 Å². The van der Waals surface area contributed by atoms with E-state index in [1.807, 2.05) is 25.2 Å². The molecular formula is C20H25NO3. The quantitative estimate of drug-likeness (QED) is 0.780. The summed E-state index contributed by atoms with van der Waals surface area (Å²) in [6.07, 6.45) is 1.15. The van der Waals surface area contributed by atoms with Gasteiger partial charge in [-0.05, 0) is 36.6 Å². The maximum atomic E-state index is 12.3. The molecule has 0 unspecified atom stereocenters. The van der Waals surface area contributed by atoms with Crippen molar-refractivity contribution in [1.82, 2.24) is 4.90 Å². The molecule has 0 aliphatic carbocycles. The fourth-order valence-electron chi connectivity index (χ4n) is 2.53. The topological polar surface area (TPSA) is 38.8 Å². The monoisotopic (exact) mass is 327 g/mol. The lowest BCUT2D eigenvalue weighted by atomic mass is 10.1. The van der Waals surface area contributed by atoms with Crippen LogP contribution in [0.5, 0.6) is 11.5 Å². The lowest BCUT2D eigenvalue weighted by Gasteiger charge is -2.17. The number of hydrogen-bond donors (Lipinski definition) is 0. The predicted molar refractivity (Wildman–Crippen MR) is 95.5 cm³/mol. The van der Waals surface area contributed by atoms with Crippen LogP contribution in [0.25, 0.3) is 0 Å². The number of carbonyl (C=O) groups excluding carboxylic acids is 1. The maximum absolute atomic E-state index is 12.3. The van der Waals surface area contributed by atoms with Crippen molar-refractivity contribution in [3.05, 3.63) is 59.2 Å². The van der Waals surface area contributed by atoms with E-state index in [1.54, 1.807) is 19.1 Å².